The lowest BCUT2D eigenvalue weighted by molar-refractivity contribution is -0.145. The Balaban J connectivity index is 1.76. The Bertz CT molecular complexity index is 528. The lowest BCUT2D eigenvalue weighted by Crippen LogP contribution is -2.30. The van der Waals surface area contributed by atoms with E-state index in [-0.39, 0.29) is 18.3 Å². The molecule has 0 saturated carbocycles. The second-order valence-electron chi connectivity index (χ2n) is 4.65. The van der Waals surface area contributed by atoms with E-state index in [4.69, 9.17) is 9.57 Å². The van der Waals surface area contributed by atoms with Crippen molar-refractivity contribution >= 4 is 17.6 Å². The lowest BCUT2D eigenvalue weighted by atomic mass is 10.1. The van der Waals surface area contributed by atoms with Gasteiger partial charge in [0.15, 0.2) is 0 Å². The van der Waals surface area contributed by atoms with Crippen LogP contribution in [0.4, 0.5) is 0 Å². The highest BCUT2D eigenvalue weighted by Crippen LogP contribution is 2.14. The highest BCUT2D eigenvalue weighted by atomic mass is 16.6. The molecule has 1 aromatic carbocycles. The molecule has 1 N–H and O–H groups in total. The van der Waals surface area contributed by atoms with Crippen LogP contribution in [0, 0.1) is 0 Å². The van der Waals surface area contributed by atoms with E-state index in [2.05, 4.69) is 10.5 Å². The molecule has 1 heterocycles. The molecule has 0 saturated heterocycles. The fourth-order valence-corrected chi connectivity index (χ4v) is 1.96. The van der Waals surface area contributed by atoms with Gasteiger partial charge in [-0.25, -0.2) is 0 Å². The highest BCUT2D eigenvalue weighted by molar-refractivity contribution is 6.39. The zero-order valence-corrected chi connectivity index (χ0v) is 11.9. The maximum absolute atomic E-state index is 11.9. The number of amides is 1. The van der Waals surface area contributed by atoms with Crippen molar-refractivity contribution < 1.29 is 19.2 Å². The number of carbonyl (C=O) groups is 2. The maximum Gasteiger partial charge on any atom is 0.309 e. The van der Waals surface area contributed by atoms with E-state index >= 15 is 0 Å². The molecule has 1 aromatic rings. The molecule has 1 aliphatic rings. The summed E-state index contributed by atoms with van der Waals surface area (Å²) in [6.07, 6.45) is 0.00761. The molecule has 1 atom stereocenters. The highest BCUT2D eigenvalue weighted by Gasteiger charge is 2.28. The fraction of sp³-hybridized carbons (Fsp3) is 0.400. The Morgan fingerprint density at radius 3 is 2.86 bits per heavy atom. The summed E-state index contributed by atoms with van der Waals surface area (Å²) < 4.78 is 4.83. The molecular weight excluding hydrogens is 272 g/mol. The molecule has 0 spiro atoms. The molecule has 21 heavy (non-hydrogen) atoms. The van der Waals surface area contributed by atoms with Crippen LogP contribution >= 0.6 is 0 Å². The van der Waals surface area contributed by atoms with Gasteiger partial charge in [-0.1, -0.05) is 35.5 Å². The second kappa shape index (κ2) is 7.42. The van der Waals surface area contributed by atoms with Crippen molar-refractivity contribution in [2.45, 2.75) is 32.4 Å². The first-order chi connectivity index (χ1) is 10.2. The van der Waals surface area contributed by atoms with Crippen LogP contribution in [0.15, 0.2) is 35.5 Å². The minimum Gasteiger partial charge on any atom is -0.466 e. The van der Waals surface area contributed by atoms with Gasteiger partial charge in [-0.2, -0.15) is 0 Å². The van der Waals surface area contributed by atoms with Crippen molar-refractivity contribution in [2.75, 3.05) is 6.61 Å². The fourth-order valence-electron chi connectivity index (χ4n) is 1.96. The quantitative estimate of drug-likeness (QED) is 0.803. The van der Waals surface area contributed by atoms with Gasteiger partial charge in [0.1, 0.15) is 11.8 Å². The smallest absolute Gasteiger partial charge is 0.309 e. The standard InChI is InChI=1S/C15H18N2O4/c1-2-20-14(18)9-12-8-13(17-21-12)15(19)16-10-11-6-4-3-5-7-11/h3-7,12H,2,8-10H2,1H3,(H,16,19)/t12-/m0/s1. The van der Waals surface area contributed by atoms with Crippen molar-refractivity contribution in [3.05, 3.63) is 35.9 Å². The third-order valence-electron chi connectivity index (χ3n) is 2.99. The number of nitrogens with zero attached hydrogens (tertiary/aromatic N) is 1. The number of oxime groups is 1. The Kier molecular flexibility index (Phi) is 5.31. The zero-order chi connectivity index (χ0) is 15.1. The maximum atomic E-state index is 11.9. The number of benzene rings is 1. The number of hydrogen-bond acceptors (Lipinski definition) is 5. The van der Waals surface area contributed by atoms with Crippen LogP contribution in [-0.4, -0.2) is 30.3 Å². The zero-order valence-electron chi connectivity index (χ0n) is 11.9. The monoisotopic (exact) mass is 290 g/mol. The van der Waals surface area contributed by atoms with Crippen LogP contribution in [0.2, 0.25) is 0 Å². The van der Waals surface area contributed by atoms with Gasteiger partial charge in [0.25, 0.3) is 5.91 Å². The number of esters is 1. The van der Waals surface area contributed by atoms with Gasteiger partial charge in [-0.3, -0.25) is 9.59 Å². The SMILES string of the molecule is CCOC(=O)C[C@@H]1CC(C(=O)NCc2ccccc2)=NO1. The average molecular weight is 290 g/mol. The summed E-state index contributed by atoms with van der Waals surface area (Å²) >= 11 is 0. The molecule has 0 aliphatic carbocycles. The Morgan fingerprint density at radius 1 is 1.38 bits per heavy atom. The van der Waals surface area contributed by atoms with Crippen LogP contribution in [0.3, 0.4) is 0 Å². The molecule has 0 fully saturated rings. The Hall–Kier alpha value is -2.37. The molecule has 1 amide bonds. The molecule has 0 aromatic heterocycles. The van der Waals surface area contributed by atoms with Gasteiger partial charge in [0, 0.05) is 13.0 Å². The minimum absolute atomic E-state index is 0.104. The minimum atomic E-state index is -0.415. The largest absolute Gasteiger partial charge is 0.466 e. The Labute approximate surface area is 123 Å². The van der Waals surface area contributed by atoms with Crippen molar-refractivity contribution in [3.8, 4) is 0 Å². The molecule has 6 nitrogen and oxygen atoms in total. The summed E-state index contributed by atoms with van der Waals surface area (Å²) in [5, 5.41) is 6.51. The number of carbonyl (C=O) groups excluding carboxylic acids is 2. The summed E-state index contributed by atoms with van der Waals surface area (Å²) in [6, 6.07) is 9.59. The van der Waals surface area contributed by atoms with Crippen molar-refractivity contribution in [1.82, 2.24) is 5.32 Å². The van der Waals surface area contributed by atoms with E-state index in [1.54, 1.807) is 6.92 Å². The van der Waals surface area contributed by atoms with Gasteiger partial charge in [-0.05, 0) is 12.5 Å². The van der Waals surface area contributed by atoms with E-state index in [1.807, 2.05) is 30.3 Å². The summed E-state index contributed by atoms with van der Waals surface area (Å²) in [5.74, 6) is -0.617. The third kappa shape index (κ3) is 4.59. The first-order valence-corrected chi connectivity index (χ1v) is 6.89. The van der Waals surface area contributed by atoms with Crippen molar-refractivity contribution in [1.29, 1.82) is 0 Å². The number of nitrogens with one attached hydrogen (secondary N) is 1. The van der Waals surface area contributed by atoms with Crippen LogP contribution in [0.25, 0.3) is 0 Å². The molecule has 0 unspecified atom stereocenters. The van der Waals surface area contributed by atoms with E-state index in [0.29, 0.717) is 25.3 Å². The number of ether oxygens (including phenoxy) is 1. The molecule has 2 rings (SSSR count). The lowest BCUT2D eigenvalue weighted by Gasteiger charge is -2.07. The average Bonchev–Trinajstić information content (AvgIpc) is 2.94. The van der Waals surface area contributed by atoms with E-state index in [9.17, 15) is 9.59 Å². The predicted octanol–water partition coefficient (Wildman–Crippen LogP) is 1.40. The van der Waals surface area contributed by atoms with Gasteiger partial charge < -0.3 is 14.9 Å². The van der Waals surface area contributed by atoms with Gasteiger partial charge >= 0.3 is 5.97 Å². The van der Waals surface area contributed by atoms with Crippen LogP contribution < -0.4 is 5.32 Å². The van der Waals surface area contributed by atoms with E-state index in [0.717, 1.165) is 5.56 Å². The van der Waals surface area contributed by atoms with Crippen molar-refractivity contribution in [2.24, 2.45) is 5.16 Å². The number of rotatable bonds is 6. The van der Waals surface area contributed by atoms with Gasteiger partial charge in [-0.15, -0.1) is 0 Å². The molecule has 0 radical (unpaired) electrons. The molecule has 1 aliphatic heterocycles. The first-order valence-electron chi connectivity index (χ1n) is 6.89. The summed E-state index contributed by atoms with van der Waals surface area (Å²) in [4.78, 5) is 28.4. The van der Waals surface area contributed by atoms with Crippen molar-refractivity contribution in [3.63, 3.8) is 0 Å². The van der Waals surface area contributed by atoms with Gasteiger partial charge in [0.2, 0.25) is 0 Å². The van der Waals surface area contributed by atoms with E-state index < -0.39 is 6.10 Å². The van der Waals surface area contributed by atoms with E-state index in [1.165, 1.54) is 0 Å². The summed E-state index contributed by atoms with van der Waals surface area (Å²) in [7, 11) is 0. The van der Waals surface area contributed by atoms with Crippen LogP contribution in [0.5, 0.6) is 0 Å². The Morgan fingerprint density at radius 2 is 2.14 bits per heavy atom. The molecular formula is C15H18N2O4. The van der Waals surface area contributed by atoms with Gasteiger partial charge in [0.05, 0.1) is 13.0 Å². The molecule has 0 bridgehead atoms. The summed E-state index contributed by atoms with van der Waals surface area (Å²) in [5.41, 5.74) is 1.31. The number of hydrogen-bond donors (Lipinski definition) is 1. The topological polar surface area (TPSA) is 77.0 Å². The third-order valence-corrected chi connectivity index (χ3v) is 2.99. The predicted molar refractivity (Wildman–Crippen MR) is 76.5 cm³/mol. The summed E-state index contributed by atoms with van der Waals surface area (Å²) in [6.45, 7) is 2.50. The normalized spacial score (nSPS) is 16.8. The second-order valence-corrected chi connectivity index (χ2v) is 4.65. The molecule has 112 valence electrons. The first kappa shape index (κ1) is 15.0. The molecule has 6 heteroatoms. The van der Waals surface area contributed by atoms with Crippen LogP contribution in [-0.2, 0) is 25.7 Å². The van der Waals surface area contributed by atoms with Crippen LogP contribution in [0.1, 0.15) is 25.3 Å².